The average molecular weight is 328 g/mol. The van der Waals surface area contributed by atoms with Gasteiger partial charge in [-0.15, -0.1) is 0 Å². The molecule has 1 aromatic carbocycles. The predicted molar refractivity (Wildman–Crippen MR) is 80.0 cm³/mol. The summed E-state index contributed by atoms with van der Waals surface area (Å²) in [6.07, 6.45) is 0.530. The fourth-order valence-corrected chi connectivity index (χ4v) is 5.49. The fourth-order valence-electron chi connectivity index (χ4n) is 2.21. The van der Waals surface area contributed by atoms with E-state index in [1.807, 2.05) is 6.07 Å². The Morgan fingerprint density at radius 3 is 2.29 bits per heavy atom. The largest absolute Gasteiger partial charge is 0.283 e. The van der Waals surface area contributed by atoms with Crippen molar-refractivity contribution in [2.75, 3.05) is 16.2 Å². The lowest BCUT2D eigenvalue weighted by Crippen LogP contribution is -2.36. The molecule has 114 valence electrons. The van der Waals surface area contributed by atoms with Crippen molar-refractivity contribution >= 4 is 25.5 Å². The molecular weight excluding hydrogens is 312 g/mol. The van der Waals surface area contributed by atoms with Crippen LogP contribution >= 0.6 is 0 Å². The zero-order chi connectivity index (χ0) is 15.5. The van der Waals surface area contributed by atoms with Gasteiger partial charge in [0.25, 0.3) is 0 Å². The Morgan fingerprint density at radius 2 is 1.76 bits per heavy atom. The van der Waals surface area contributed by atoms with Crippen LogP contribution in [0.25, 0.3) is 0 Å². The number of benzene rings is 1. The molecule has 1 heterocycles. The highest BCUT2D eigenvalue weighted by molar-refractivity contribution is 7.94. The first-order valence-corrected chi connectivity index (χ1v) is 9.87. The highest BCUT2D eigenvalue weighted by Crippen LogP contribution is 2.22. The van der Waals surface area contributed by atoms with Crippen molar-refractivity contribution in [1.29, 1.82) is 5.26 Å². The lowest BCUT2D eigenvalue weighted by Gasteiger charge is -2.22. The van der Waals surface area contributed by atoms with Crippen LogP contribution in [0.5, 0.6) is 0 Å². The number of nitrogens with one attached hydrogen (secondary N) is 1. The van der Waals surface area contributed by atoms with Crippen LogP contribution in [0, 0.1) is 11.3 Å². The summed E-state index contributed by atoms with van der Waals surface area (Å²) in [7, 11) is -6.67. The Labute approximate surface area is 124 Å². The van der Waals surface area contributed by atoms with Crippen LogP contribution in [-0.4, -0.2) is 33.6 Å². The first kappa shape index (κ1) is 15.8. The summed E-state index contributed by atoms with van der Waals surface area (Å²) in [5, 5.41) is 7.90. The second-order valence-corrected chi connectivity index (χ2v) is 9.29. The second-order valence-electron chi connectivity index (χ2n) is 5.03. The Kier molecular flexibility index (Phi) is 4.54. The van der Waals surface area contributed by atoms with Gasteiger partial charge < -0.3 is 0 Å². The van der Waals surface area contributed by atoms with E-state index in [2.05, 4.69) is 4.72 Å². The summed E-state index contributed by atoms with van der Waals surface area (Å²) < 4.78 is 49.6. The number of anilines is 1. The molecule has 1 saturated heterocycles. The van der Waals surface area contributed by atoms with E-state index in [-0.39, 0.29) is 30.8 Å². The minimum absolute atomic E-state index is 0.0836. The van der Waals surface area contributed by atoms with Gasteiger partial charge in [0.15, 0.2) is 0 Å². The molecule has 0 unspecified atom stereocenters. The number of rotatable bonds is 4. The van der Waals surface area contributed by atoms with Crippen molar-refractivity contribution in [2.45, 2.75) is 24.5 Å². The molecule has 0 bridgehead atoms. The third kappa shape index (κ3) is 4.19. The number of sulfonamides is 1. The highest BCUT2D eigenvalue weighted by atomic mass is 32.2. The van der Waals surface area contributed by atoms with Crippen molar-refractivity contribution in [3.63, 3.8) is 0 Å². The van der Waals surface area contributed by atoms with Gasteiger partial charge in [0.05, 0.1) is 29.2 Å². The number of nitrogens with zero attached hydrogens (tertiary/aromatic N) is 1. The lowest BCUT2D eigenvalue weighted by atomic mass is 10.1. The van der Waals surface area contributed by atoms with E-state index < -0.39 is 25.1 Å². The smallest absolute Gasteiger partial charge is 0.235 e. The van der Waals surface area contributed by atoms with Crippen LogP contribution in [0.2, 0.25) is 0 Å². The van der Waals surface area contributed by atoms with Crippen molar-refractivity contribution in [3.8, 4) is 6.07 Å². The Hall–Kier alpha value is -1.59. The zero-order valence-corrected chi connectivity index (χ0v) is 13.0. The summed E-state index contributed by atoms with van der Waals surface area (Å²) >= 11 is 0. The van der Waals surface area contributed by atoms with Gasteiger partial charge >= 0.3 is 0 Å². The maximum atomic E-state index is 12.2. The quantitative estimate of drug-likeness (QED) is 0.890. The highest BCUT2D eigenvalue weighted by Gasteiger charge is 2.32. The molecule has 0 aliphatic carbocycles. The van der Waals surface area contributed by atoms with Crippen molar-refractivity contribution in [2.24, 2.45) is 0 Å². The molecule has 1 N–H and O–H groups in total. The monoisotopic (exact) mass is 328 g/mol. The molecule has 6 nitrogen and oxygen atoms in total. The van der Waals surface area contributed by atoms with Gasteiger partial charge in [0, 0.05) is 5.69 Å². The van der Waals surface area contributed by atoms with Crippen molar-refractivity contribution in [1.82, 2.24) is 0 Å². The molecule has 8 heteroatoms. The van der Waals surface area contributed by atoms with E-state index in [9.17, 15) is 16.8 Å². The molecule has 21 heavy (non-hydrogen) atoms. The van der Waals surface area contributed by atoms with Gasteiger partial charge in [-0.3, -0.25) is 4.72 Å². The summed E-state index contributed by atoms with van der Waals surface area (Å²) in [6, 6.07) is 8.59. The van der Waals surface area contributed by atoms with Crippen LogP contribution < -0.4 is 4.72 Å². The van der Waals surface area contributed by atoms with Crippen LogP contribution in [0.3, 0.4) is 0 Å². The minimum Gasteiger partial charge on any atom is -0.283 e. The molecule has 1 aliphatic rings. The Bertz CT molecular complexity index is 732. The SMILES string of the molecule is N#CCc1ccc(NS(=O)(=O)C2CCS(=O)(=O)CC2)cc1. The summed E-state index contributed by atoms with van der Waals surface area (Å²) in [4.78, 5) is 0. The molecule has 0 spiro atoms. The molecule has 0 radical (unpaired) electrons. The third-order valence-electron chi connectivity index (χ3n) is 3.44. The summed E-state index contributed by atoms with van der Waals surface area (Å²) in [5.41, 5.74) is 1.23. The first-order chi connectivity index (χ1) is 9.82. The van der Waals surface area contributed by atoms with E-state index in [0.29, 0.717) is 5.69 Å². The van der Waals surface area contributed by atoms with E-state index >= 15 is 0 Å². The number of nitriles is 1. The maximum Gasteiger partial charge on any atom is 0.235 e. The zero-order valence-electron chi connectivity index (χ0n) is 11.3. The van der Waals surface area contributed by atoms with Gasteiger partial charge in [-0.1, -0.05) is 12.1 Å². The lowest BCUT2D eigenvalue weighted by molar-refractivity contribution is 0.555. The topological polar surface area (TPSA) is 104 Å². The van der Waals surface area contributed by atoms with Crippen LogP contribution in [-0.2, 0) is 26.3 Å². The minimum atomic E-state index is -3.59. The standard InChI is InChI=1S/C13H16N2O4S2/c14-8-5-11-1-3-12(4-2-11)15-21(18,19)13-6-9-20(16,17)10-7-13/h1-4,13,15H,5-7,9-10H2. The molecule has 0 atom stereocenters. The van der Waals surface area contributed by atoms with Crippen molar-refractivity contribution < 1.29 is 16.8 Å². The molecule has 1 aliphatic heterocycles. The number of hydrogen-bond donors (Lipinski definition) is 1. The molecular formula is C13H16N2O4S2. The first-order valence-electron chi connectivity index (χ1n) is 6.50. The fraction of sp³-hybridized carbons (Fsp3) is 0.462. The maximum absolute atomic E-state index is 12.2. The van der Waals surface area contributed by atoms with E-state index in [4.69, 9.17) is 5.26 Å². The van der Waals surface area contributed by atoms with Crippen LogP contribution in [0.1, 0.15) is 18.4 Å². The molecule has 0 saturated carbocycles. The summed E-state index contributed by atoms with van der Waals surface area (Å²) in [6.45, 7) is 0. The van der Waals surface area contributed by atoms with Gasteiger partial charge in [0.1, 0.15) is 9.84 Å². The normalized spacial score (nSPS) is 18.8. The van der Waals surface area contributed by atoms with E-state index in [0.717, 1.165) is 5.56 Å². The van der Waals surface area contributed by atoms with Crippen LogP contribution in [0.15, 0.2) is 24.3 Å². The molecule has 0 aromatic heterocycles. The van der Waals surface area contributed by atoms with Gasteiger partial charge in [-0.25, -0.2) is 16.8 Å². The molecule has 2 rings (SSSR count). The number of hydrogen-bond acceptors (Lipinski definition) is 5. The number of sulfone groups is 1. The average Bonchev–Trinajstić information content (AvgIpc) is 2.40. The molecule has 0 amide bonds. The second kappa shape index (κ2) is 6.03. The predicted octanol–water partition coefficient (Wildman–Crippen LogP) is 1.07. The van der Waals surface area contributed by atoms with Gasteiger partial charge in [0.2, 0.25) is 10.0 Å². The van der Waals surface area contributed by atoms with E-state index in [1.54, 1.807) is 24.3 Å². The van der Waals surface area contributed by atoms with E-state index in [1.165, 1.54) is 0 Å². The van der Waals surface area contributed by atoms with Gasteiger partial charge in [-0.05, 0) is 30.5 Å². The summed E-state index contributed by atoms with van der Waals surface area (Å²) in [5.74, 6) is -0.167. The Morgan fingerprint density at radius 1 is 1.19 bits per heavy atom. The Balaban J connectivity index is 2.06. The van der Waals surface area contributed by atoms with Crippen LogP contribution in [0.4, 0.5) is 5.69 Å². The van der Waals surface area contributed by atoms with Crippen molar-refractivity contribution in [3.05, 3.63) is 29.8 Å². The van der Waals surface area contributed by atoms with Gasteiger partial charge in [-0.2, -0.15) is 5.26 Å². The third-order valence-corrected chi connectivity index (χ3v) is 7.02. The molecule has 1 fully saturated rings. The molecule has 1 aromatic rings.